The Morgan fingerprint density at radius 3 is 2.47 bits per heavy atom. The van der Waals surface area contributed by atoms with Gasteiger partial charge in [-0.2, -0.15) is 0 Å². The Morgan fingerprint density at radius 2 is 1.79 bits per heavy atom. The molecule has 0 aliphatic heterocycles. The topological polar surface area (TPSA) is 12.0 Å². The molecule has 1 aliphatic carbocycles. The van der Waals surface area contributed by atoms with Crippen LogP contribution in [-0.4, -0.2) is 6.54 Å². The third-order valence-corrected chi connectivity index (χ3v) is 5.28. The minimum absolute atomic E-state index is 0.198. The molecule has 0 saturated heterocycles. The van der Waals surface area contributed by atoms with E-state index in [1.165, 1.54) is 32.1 Å². The molecule has 0 bridgehead atoms. The van der Waals surface area contributed by atoms with Gasteiger partial charge in [-0.05, 0) is 43.9 Å². The number of nitrogens with one attached hydrogen (secondary N) is 1. The van der Waals surface area contributed by atoms with Crippen LogP contribution < -0.4 is 5.32 Å². The summed E-state index contributed by atoms with van der Waals surface area (Å²) in [4.78, 5) is 0. The summed E-state index contributed by atoms with van der Waals surface area (Å²) < 4.78 is 0. The Bertz CT molecular complexity index is 428. The second-order valence-corrected chi connectivity index (χ2v) is 6.56. The van der Waals surface area contributed by atoms with Crippen molar-refractivity contribution in [3.63, 3.8) is 0 Å². The molecule has 1 nitrogen and oxygen atoms in total. The van der Waals surface area contributed by atoms with Crippen molar-refractivity contribution in [3.05, 3.63) is 32.8 Å². The van der Waals surface area contributed by atoms with Crippen molar-refractivity contribution < 1.29 is 0 Å². The fraction of sp³-hybridized carbons (Fsp3) is 0.600. The Balaban J connectivity index is 1.95. The summed E-state index contributed by atoms with van der Waals surface area (Å²) in [6.45, 7) is 3.17. The molecule has 1 N–H and O–H groups in total. The van der Waals surface area contributed by atoms with E-state index in [9.17, 15) is 0 Å². The molecule has 0 amide bonds. The average molecular weight is 321 g/mol. The molecule has 106 valence electrons. The van der Waals surface area contributed by atoms with Crippen LogP contribution in [0.1, 0.15) is 50.6 Å². The van der Waals surface area contributed by atoms with Crippen molar-refractivity contribution >= 4 is 34.8 Å². The van der Waals surface area contributed by atoms with Crippen LogP contribution in [0.2, 0.25) is 15.1 Å². The highest BCUT2D eigenvalue weighted by Crippen LogP contribution is 2.35. The fourth-order valence-electron chi connectivity index (χ4n) is 2.72. The zero-order valence-electron chi connectivity index (χ0n) is 11.2. The lowest BCUT2D eigenvalue weighted by Gasteiger charge is -2.24. The summed E-state index contributed by atoms with van der Waals surface area (Å²) >= 11 is 18.3. The predicted molar refractivity (Wildman–Crippen MR) is 84.5 cm³/mol. The zero-order chi connectivity index (χ0) is 13.8. The third-order valence-electron chi connectivity index (χ3n) is 3.97. The first-order valence-electron chi connectivity index (χ1n) is 6.96. The summed E-state index contributed by atoms with van der Waals surface area (Å²) in [7, 11) is 0. The Labute approximate surface area is 130 Å². The second-order valence-electron chi connectivity index (χ2n) is 5.40. The maximum absolute atomic E-state index is 6.26. The smallest absolute Gasteiger partial charge is 0.0781 e. The molecule has 0 heterocycles. The lowest BCUT2D eigenvalue weighted by molar-refractivity contribution is 0.331. The van der Waals surface area contributed by atoms with Crippen LogP contribution in [0.15, 0.2) is 12.1 Å². The number of hydrogen-bond acceptors (Lipinski definition) is 1. The molecule has 2 rings (SSSR count). The largest absolute Gasteiger partial charge is 0.310 e. The van der Waals surface area contributed by atoms with Crippen molar-refractivity contribution in [2.45, 2.75) is 45.1 Å². The monoisotopic (exact) mass is 319 g/mol. The van der Waals surface area contributed by atoms with Crippen molar-refractivity contribution in [1.29, 1.82) is 0 Å². The van der Waals surface area contributed by atoms with E-state index in [1.54, 1.807) is 0 Å². The molecule has 1 aromatic rings. The minimum atomic E-state index is 0.198. The minimum Gasteiger partial charge on any atom is -0.310 e. The summed E-state index contributed by atoms with van der Waals surface area (Å²) in [6, 6.07) is 3.96. The first kappa shape index (κ1) is 15.4. The maximum Gasteiger partial charge on any atom is 0.0781 e. The first-order valence-corrected chi connectivity index (χ1v) is 8.09. The van der Waals surface area contributed by atoms with Crippen molar-refractivity contribution in [3.8, 4) is 0 Å². The van der Waals surface area contributed by atoms with E-state index in [0.29, 0.717) is 15.1 Å². The molecule has 1 unspecified atom stereocenters. The van der Waals surface area contributed by atoms with Crippen LogP contribution >= 0.6 is 34.8 Å². The number of halogens is 3. The fourth-order valence-corrected chi connectivity index (χ4v) is 3.43. The molecule has 1 atom stereocenters. The van der Waals surface area contributed by atoms with E-state index in [0.717, 1.165) is 18.0 Å². The molecule has 1 saturated carbocycles. The molecule has 0 spiro atoms. The predicted octanol–water partition coefficient (Wildman–Crippen LogP) is 5.88. The number of benzene rings is 1. The van der Waals surface area contributed by atoms with E-state index >= 15 is 0 Å². The van der Waals surface area contributed by atoms with Gasteiger partial charge in [-0.3, -0.25) is 0 Å². The molecule has 0 radical (unpaired) electrons. The molecule has 1 aliphatic rings. The third kappa shape index (κ3) is 4.01. The average Bonchev–Trinajstić information content (AvgIpc) is 2.43. The molecule has 0 aromatic heterocycles. The molecule has 4 heteroatoms. The quantitative estimate of drug-likeness (QED) is 0.683. The van der Waals surface area contributed by atoms with E-state index < -0.39 is 0 Å². The molecule has 1 fully saturated rings. The van der Waals surface area contributed by atoms with Gasteiger partial charge < -0.3 is 5.32 Å². The molecular weight excluding hydrogens is 301 g/mol. The summed E-state index contributed by atoms with van der Waals surface area (Å²) in [5, 5.41) is 5.10. The van der Waals surface area contributed by atoms with Crippen LogP contribution in [0.4, 0.5) is 0 Å². The highest BCUT2D eigenvalue weighted by molar-refractivity contribution is 6.48. The zero-order valence-corrected chi connectivity index (χ0v) is 13.5. The highest BCUT2D eigenvalue weighted by atomic mass is 35.5. The van der Waals surface area contributed by atoms with Gasteiger partial charge in [0.05, 0.1) is 15.1 Å². The summed E-state index contributed by atoms with van der Waals surface area (Å²) in [5.74, 6) is 0.803. The molecular formula is C15H20Cl3N. The van der Waals surface area contributed by atoms with Gasteiger partial charge in [-0.1, -0.05) is 60.1 Å². The maximum atomic E-state index is 6.26. The Hall–Kier alpha value is 0.0500. The summed E-state index contributed by atoms with van der Waals surface area (Å²) in [6.07, 6.45) is 6.82. The summed E-state index contributed by atoms with van der Waals surface area (Å²) in [5.41, 5.74) is 1.02. The van der Waals surface area contributed by atoms with E-state index in [1.807, 2.05) is 12.1 Å². The van der Waals surface area contributed by atoms with Gasteiger partial charge in [0.25, 0.3) is 0 Å². The van der Waals surface area contributed by atoms with Crippen LogP contribution in [0.5, 0.6) is 0 Å². The first-order chi connectivity index (χ1) is 9.09. The standard InChI is InChI=1S/C15H20Cl3N/c1-10(19-9-11-5-3-2-4-6-11)12-7-8-13(16)15(18)14(12)17/h7-8,10-11,19H,2-6,9H2,1H3. The van der Waals surface area contributed by atoms with Crippen molar-refractivity contribution in [2.75, 3.05) is 6.54 Å². The molecule has 1 aromatic carbocycles. The highest BCUT2D eigenvalue weighted by Gasteiger charge is 2.17. The van der Waals surface area contributed by atoms with Crippen LogP contribution in [-0.2, 0) is 0 Å². The Morgan fingerprint density at radius 1 is 1.11 bits per heavy atom. The lowest BCUT2D eigenvalue weighted by atomic mass is 9.89. The van der Waals surface area contributed by atoms with Gasteiger partial charge in [-0.15, -0.1) is 0 Å². The normalized spacial score (nSPS) is 18.5. The van der Waals surface area contributed by atoms with Gasteiger partial charge in [0, 0.05) is 6.04 Å². The van der Waals surface area contributed by atoms with Gasteiger partial charge in [0.15, 0.2) is 0 Å². The van der Waals surface area contributed by atoms with E-state index in [4.69, 9.17) is 34.8 Å². The van der Waals surface area contributed by atoms with Crippen molar-refractivity contribution in [2.24, 2.45) is 5.92 Å². The Kier molecular flexibility index (Phi) is 5.83. The second kappa shape index (κ2) is 7.17. The SMILES string of the molecule is CC(NCC1CCCCC1)c1ccc(Cl)c(Cl)c1Cl. The van der Waals surface area contributed by atoms with Gasteiger partial charge in [-0.25, -0.2) is 0 Å². The molecule has 19 heavy (non-hydrogen) atoms. The van der Waals surface area contributed by atoms with E-state index in [2.05, 4.69) is 12.2 Å². The lowest BCUT2D eigenvalue weighted by Crippen LogP contribution is -2.27. The van der Waals surface area contributed by atoms with Crippen molar-refractivity contribution in [1.82, 2.24) is 5.32 Å². The van der Waals surface area contributed by atoms with Gasteiger partial charge in [0.2, 0.25) is 0 Å². The van der Waals surface area contributed by atoms with Gasteiger partial charge >= 0.3 is 0 Å². The van der Waals surface area contributed by atoms with Gasteiger partial charge in [0.1, 0.15) is 0 Å². The van der Waals surface area contributed by atoms with E-state index in [-0.39, 0.29) is 6.04 Å². The van der Waals surface area contributed by atoms with Crippen LogP contribution in [0, 0.1) is 5.92 Å². The van der Waals surface area contributed by atoms with Crippen LogP contribution in [0.3, 0.4) is 0 Å². The van der Waals surface area contributed by atoms with Crippen LogP contribution in [0.25, 0.3) is 0 Å². The number of rotatable bonds is 4. The number of hydrogen-bond donors (Lipinski definition) is 1.